The minimum atomic E-state index is -1.90. The molecule has 0 radical (unpaired) electrons. The molecule has 0 amide bonds. The topological polar surface area (TPSA) is 68.5 Å². The maximum absolute atomic E-state index is 14.3. The molecule has 0 saturated heterocycles. The van der Waals surface area contributed by atoms with Gasteiger partial charge in [-0.15, -0.1) is 0 Å². The summed E-state index contributed by atoms with van der Waals surface area (Å²) in [4.78, 5) is 22.9. The van der Waals surface area contributed by atoms with E-state index in [-0.39, 0.29) is 5.69 Å². The van der Waals surface area contributed by atoms with E-state index in [0.717, 1.165) is 6.07 Å². The number of pyridine rings is 1. The zero-order valence-corrected chi connectivity index (χ0v) is 12.4. The largest absolute Gasteiger partial charge is 0.511 e. The van der Waals surface area contributed by atoms with E-state index in [4.69, 9.17) is 5.11 Å². The van der Waals surface area contributed by atoms with Crippen molar-refractivity contribution in [1.29, 1.82) is 0 Å². The van der Waals surface area contributed by atoms with Crippen molar-refractivity contribution in [2.45, 2.75) is 0 Å². The summed E-state index contributed by atoms with van der Waals surface area (Å²) >= 11 is 0. The van der Waals surface area contributed by atoms with Crippen LogP contribution in [0.3, 0.4) is 0 Å². The number of ether oxygens (including phenoxy) is 1. The van der Waals surface area contributed by atoms with Gasteiger partial charge >= 0.3 is 6.16 Å². The molecule has 1 aromatic heterocycles. The molecule has 0 unspecified atom stereocenters. The molecule has 3 rings (SSSR count). The first kappa shape index (κ1) is 17.4. The predicted molar refractivity (Wildman–Crippen MR) is 78.0 cm³/mol. The number of rotatable bonds is 2. The van der Waals surface area contributed by atoms with Crippen LogP contribution >= 0.6 is 0 Å². The molecule has 0 aliphatic heterocycles. The van der Waals surface area contributed by atoms with Gasteiger partial charge in [0.05, 0.1) is 17.1 Å². The Morgan fingerprint density at radius 3 is 2.27 bits per heavy atom. The number of carboxylic acid groups (broad SMARTS) is 1. The number of carbonyl (C=O) groups is 1. The fourth-order valence-corrected chi connectivity index (χ4v) is 2.37. The predicted octanol–water partition coefficient (Wildman–Crippen LogP) is 3.74. The molecule has 0 atom stereocenters. The second-order valence-electron chi connectivity index (χ2n) is 5.04. The molecule has 134 valence electrons. The SMILES string of the molecule is O=C(O)Oc1cn(-c2ccc(F)c(F)c2)c2c(F)c(F)c(F)cc2c1=O. The first-order chi connectivity index (χ1) is 12.2. The lowest BCUT2D eigenvalue weighted by molar-refractivity contribution is 0.144. The smallest absolute Gasteiger partial charge is 0.449 e. The monoisotopic (exact) mass is 371 g/mol. The number of nitrogens with zero attached hydrogens (tertiary/aromatic N) is 1. The van der Waals surface area contributed by atoms with E-state index in [0.29, 0.717) is 29.0 Å². The van der Waals surface area contributed by atoms with E-state index < -0.39 is 57.3 Å². The van der Waals surface area contributed by atoms with Crippen LogP contribution in [0.5, 0.6) is 5.75 Å². The standard InChI is InChI=1S/C16H6F5NO4/c17-8-2-1-6(3-9(8)18)22-5-11(26-16(24)25)15(23)7-4-10(19)12(20)13(21)14(7)22/h1-5H,(H,24,25). The van der Waals surface area contributed by atoms with Crippen molar-refractivity contribution in [3.8, 4) is 11.4 Å². The van der Waals surface area contributed by atoms with Gasteiger partial charge in [0.15, 0.2) is 34.8 Å². The van der Waals surface area contributed by atoms with Crippen molar-refractivity contribution in [1.82, 2.24) is 4.57 Å². The zero-order chi connectivity index (χ0) is 19.2. The molecule has 3 aromatic rings. The highest BCUT2D eigenvalue weighted by Crippen LogP contribution is 2.27. The summed E-state index contributed by atoms with van der Waals surface area (Å²) in [5.41, 5.74) is -2.34. The first-order valence-electron chi connectivity index (χ1n) is 6.79. The van der Waals surface area contributed by atoms with Crippen molar-refractivity contribution in [2.75, 3.05) is 0 Å². The Labute approximate surface area is 140 Å². The van der Waals surface area contributed by atoms with Gasteiger partial charge in [-0.25, -0.2) is 26.7 Å². The second kappa shape index (κ2) is 6.14. The minimum Gasteiger partial charge on any atom is -0.449 e. The van der Waals surface area contributed by atoms with E-state index in [9.17, 15) is 31.5 Å². The average Bonchev–Trinajstić information content (AvgIpc) is 2.57. The summed E-state index contributed by atoms with van der Waals surface area (Å²) in [5.74, 6) is -8.84. The average molecular weight is 371 g/mol. The molecule has 0 bridgehead atoms. The van der Waals surface area contributed by atoms with E-state index in [1.807, 2.05) is 0 Å². The fourth-order valence-electron chi connectivity index (χ4n) is 2.37. The van der Waals surface area contributed by atoms with Gasteiger partial charge in [0, 0.05) is 11.8 Å². The van der Waals surface area contributed by atoms with Crippen molar-refractivity contribution in [3.05, 3.63) is 69.8 Å². The molecule has 2 aromatic carbocycles. The van der Waals surface area contributed by atoms with Gasteiger partial charge in [0.2, 0.25) is 5.43 Å². The van der Waals surface area contributed by atoms with Crippen LogP contribution in [0.15, 0.2) is 35.3 Å². The lowest BCUT2D eigenvalue weighted by atomic mass is 10.1. The van der Waals surface area contributed by atoms with Crippen LogP contribution in [0.2, 0.25) is 0 Å². The Morgan fingerprint density at radius 2 is 1.65 bits per heavy atom. The summed E-state index contributed by atoms with van der Waals surface area (Å²) in [6.07, 6.45) is -1.26. The maximum Gasteiger partial charge on any atom is 0.511 e. The van der Waals surface area contributed by atoms with Crippen molar-refractivity contribution < 1.29 is 36.6 Å². The zero-order valence-electron chi connectivity index (χ0n) is 12.4. The summed E-state index contributed by atoms with van der Waals surface area (Å²) in [6.45, 7) is 0. The molecule has 0 aliphatic carbocycles. The summed E-state index contributed by atoms with van der Waals surface area (Å²) in [5, 5.41) is 7.91. The Hall–Kier alpha value is -3.43. The molecule has 0 fully saturated rings. The molecule has 1 heterocycles. The third kappa shape index (κ3) is 2.75. The molecular formula is C16H6F5NO4. The highest BCUT2D eigenvalue weighted by Gasteiger charge is 2.22. The maximum atomic E-state index is 14.3. The number of hydrogen-bond donors (Lipinski definition) is 1. The van der Waals surface area contributed by atoms with Crippen LogP contribution in [0.4, 0.5) is 26.7 Å². The molecule has 5 nitrogen and oxygen atoms in total. The van der Waals surface area contributed by atoms with Crippen LogP contribution in [-0.4, -0.2) is 15.8 Å². The van der Waals surface area contributed by atoms with E-state index in [1.54, 1.807) is 0 Å². The number of benzene rings is 2. The Morgan fingerprint density at radius 1 is 0.962 bits per heavy atom. The van der Waals surface area contributed by atoms with Crippen LogP contribution in [0.25, 0.3) is 16.6 Å². The Balaban J connectivity index is 2.48. The molecule has 0 spiro atoms. The minimum absolute atomic E-state index is 0.297. The highest BCUT2D eigenvalue weighted by molar-refractivity contribution is 5.83. The first-order valence-corrected chi connectivity index (χ1v) is 6.79. The number of aromatic nitrogens is 1. The lowest BCUT2D eigenvalue weighted by Gasteiger charge is -2.14. The summed E-state index contributed by atoms with van der Waals surface area (Å²) in [7, 11) is 0. The van der Waals surface area contributed by atoms with Gasteiger partial charge in [0.25, 0.3) is 0 Å². The van der Waals surface area contributed by atoms with Gasteiger partial charge in [-0.2, -0.15) is 0 Å². The lowest BCUT2D eigenvalue weighted by Crippen LogP contribution is -2.17. The third-order valence-electron chi connectivity index (χ3n) is 3.47. The fraction of sp³-hybridized carbons (Fsp3) is 0. The van der Waals surface area contributed by atoms with Crippen LogP contribution in [0, 0.1) is 29.1 Å². The van der Waals surface area contributed by atoms with E-state index >= 15 is 0 Å². The van der Waals surface area contributed by atoms with E-state index in [2.05, 4.69) is 4.74 Å². The summed E-state index contributed by atoms with van der Waals surface area (Å²) < 4.78 is 72.9. The molecule has 10 heteroatoms. The molecule has 0 aliphatic rings. The van der Waals surface area contributed by atoms with Crippen LogP contribution in [-0.2, 0) is 0 Å². The van der Waals surface area contributed by atoms with Gasteiger partial charge in [0.1, 0.15) is 0 Å². The van der Waals surface area contributed by atoms with Crippen molar-refractivity contribution in [2.24, 2.45) is 0 Å². The molecular weight excluding hydrogens is 365 g/mol. The molecule has 0 saturated carbocycles. The molecule has 26 heavy (non-hydrogen) atoms. The number of halogens is 5. The Kier molecular flexibility index (Phi) is 4.10. The van der Waals surface area contributed by atoms with Crippen molar-refractivity contribution >= 4 is 17.1 Å². The van der Waals surface area contributed by atoms with Crippen LogP contribution in [0.1, 0.15) is 0 Å². The number of fused-ring (bicyclic) bond motifs is 1. The van der Waals surface area contributed by atoms with Gasteiger partial charge in [-0.3, -0.25) is 4.79 Å². The Bertz CT molecular complexity index is 1130. The molecule has 1 N–H and O–H groups in total. The second-order valence-corrected chi connectivity index (χ2v) is 5.04. The number of hydrogen-bond acceptors (Lipinski definition) is 3. The van der Waals surface area contributed by atoms with Crippen LogP contribution < -0.4 is 10.2 Å². The quantitative estimate of drug-likeness (QED) is 0.423. The van der Waals surface area contributed by atoms with Gasteiger partial charge in [-0.05, 0) is 18.2 Å². The van der Waals surface area contributed by atoms with E-state index in [1.165, 1.54) is 0 Å². The highest BCUT2D eigenvalue weighted by atomic mass is 19.2. The van der Waals surface area contributed by atoms with Crippen molar-refractivity contribution in [3.63, 3.8) is 0 Å². The summed E-state index contributed by atoms with van der Waals surface area (Å²) in [6, 6.07) is 2.56. The third-order valence-corrected chi connectivity index (χ3v) is 3.47. The van der Waals surface area contributed by atoms with Gasteiger partial charge < -0.3 is 14.4 Å². The normalized spacial score (nSPS) is 11.0. The van der Waals surface area contributed by atoms with Gasteiger partial charge in [-0.1, -0.05) is 0 Å².